The van der Waals surface area contributed by atoms with E-state index in [-0.39, 0.29) is 34.7 Å². The van der Waals surface area contributed by atoms with Gasteiger partial charge in [-0.25, -0.2) is 4.90 Å². The third-order valence-electron chi connectivity index (χ3n) is 4.94. The fourth-order valence-electron chi connectivity index (χ4n) is 3.81. The normalized spacial score (nSPS) is 33.5. The lowest BCUT2D eigenvalue weighted by Crippen LogP contribution is -2.49. The number of imide groups is 1. The van der Waals surface area contributed by atoms with E-state index < -0.39 is 5.92 Å². The highest BCUT2D eigenvalue weighted by Gasteiger charge is 2.61. The van der Waals surface area contributed by atoms with Gasteiger partial charge in [-0.3, -0.25) is 14.4 Å². The maximum atomic E-state index is 12.8. The number of hydrogen-bond donors (Lipinski definition) is 0. The molecule has 1 aromatic carbocycles. The number of carbonyl (C=O) groups excluding carboxylic acids is 3. The number of fused-ring (bicyclic) bond motifs is 2. The van der Waals surface area contributed by atoms with Crippen molar-refractivity contribution >= 4 is 51.0 Å². The Morgan fingerprint density at radius 1 is 1.18 bits per heavy atom. The molecule has 0 aromatic heterocycles. The number of aryl methyl sites for hydroxylation is 1. The summed E-state index contributed by atoms with van der Waals surface area (Å²) in [4.78, 5) is 39.0. The van der Waals surface area contributed by atoms with Gasteiger partial charge in [0.25, 0.3) is 0 Å². The van der Waals surface area contributed by atoms with E-state index >= 15 is 0 Å². The topological polar surface area (TPSA) is 54.5 Å². The molecule has 1 aliphatic carbocycles. The molecule has 0 spiro atoms. The summed E-state index contributed by atoms with van der Waals surface area (Å²) in [5.74, 6) is -0.539. The summed E-state index contributed by atoms with van der Waals surface area (Å²) < 4.78 is 0.943. The average Bonchev–Trinajstić information content (AvgIpc) is 2.76. The summed E-state index contributed by atoms with van der Waals surface area (Å²) in [5.41, 5.74) is 1.59. The monoisotopic (exact) mass is 379 g/mol. The SMILES string of the molecule is Cc1cc(N2C(=O)C3C4CC(=O)C(CS4)C3C2=O)ccc1Br. The number of anilines is 1. The summed E-state index contributed by atoms with van der Waals surface area (Å²) in [5, 5.41) is -0.0273. The molecular formula is C16H14BrNO3S. The number of thioether (sulfide) groups is 1. The molecule has 3 heterocycles. The molecule has 114 valence electrons. The Hall–Kier alpha value is -1.14. The summed E-state index contributed by atoms with van der Waals surface area (Å²) in [6.07, 6.45) is 0.433. The zero-order valence-electron chi connectivity index (χ0n) is 11.9. The largest absolute Gasteiger partial charge is 0.299 e. The van der Waals surface area contributed by atoms with Gasteiger partial charge in [0.2, 0.25) is 11.8 Å². The standard InChI is InChI=1S/C16H14BrNO3S/c1-7-4-8(2-3-10(7)17)18-15(20)13-9-6-22-12(5-11(9)19)14(13)16(18)21/h2-4,9,12-14H,5-6H2,1H3. The van der Waals surface area contributed by atoms with E-state index in [1.165, 1.54) is 4.90 Å². The molecule has 2 amide bonds. The highest BCUT2D eigenvalue weighted by Crippen LogP contribution is 2.51. The van der Waals surface area contributed by atoms with Crippen LogP contribution in [0, 0.1) is 24.7 Å². The van der Waals surface area contributed by atoms with E-state index in [0.29, 0.717) is 17.9 Å². The molecule has 4 atom stereocenters. The van der Waals surface area contributed by atoms with Crippen molar-refractivity contribution in [3.63, 3.8) is 0 Å². The van der Waals surface area contributed by atoms with Crippen molar-refractivity contribution in [3.8, 4) is 0 Å². The number of nitrogens with zero attached hydrogens (tertiary/aromatic N) is 1. The maximum Gasteiger partial charge on any atom is 0.238 e. The van der Waals surface area contributed by atoms with Crippen molar-refractivity contribution < 1.29 is 14.4 Å². The third kappa shape index (κ3) is 1.86. The number of carbonyl (C=O) groups is 3. The molecule has 3 saturated heterocycles. The molecule has 4 fully saturated rings. The number of rotatable bonds is 1. The van der Waals surface area contributed by atoms with E-state index in [0.717, 1.165) is 10.0 Å². The number of benzene rings is 1. The molecule has 4 nitrogen and oxygen atoms in total. The van der Waals surface area contributed by atoms with Crippen LogP contribution in [0.25, 0.3) is 0 Å². The lowest BCUT2D eigenvalue weighted by molar-refractivity contribution is -0.134. The minimum Gasteiger partial charge on any atom is -0.299 e. The molecule has 0 N–H and O–H groups in total. The van der Waals surface area contributed by atoms with Crippen LogP contribution in [0.4, 0.5) is 5.69 Å². The number of ketones is 1. The number of Topliss-reactive ketones (excluding diaryl/α,β-unsaturated/α-hetero) is 1. The summed E-state index contributed by atoms with van der Waals surface area (Å²) in [6, 6.07) is 5.47. The van der Waals surface area contributed by atoms with E-state index in [9.17, 15) is 14.4 Å². The van der Waals surface area contributed by atoms with E-state index in [2.05, 4.69) is 15.9 Å². The van der Waals surface area contributed by atoms with Gasteiger partial charge < -0.3 is 0 Å². The molecule has 0 radical (unpaired) electrons. The Labute approximate surface area is 140 Å². The predicted molar refractivity (Wildman–Crippen MR) is 87.7 cm³/mol. The van der Waals surface area contributed by atoms with Gasteiger partial charge in [-0.2, -0.15) is 11.8 Å². The Balaban J connectivity index is 1.77. The van der Waals surface area contributed by atoms with Gasteiger partial charge in [0, 0.05) is 27.8 Å². The Morgan fingerprint density at radius 3 is 2.59 bits per heavy atom. The average molecular weight is 380 g/mol. The van der Waals surface area contributed by atoms with Crippen molar-refractivity contribution in [1.29, 1.82) is 0 Å². The Morgan fingerprint density at radius 2 is 1.91 bits per heavy atom. The van der Waals surface area contributed by atoms with Crippen LogP contribution in [0.5, 0.6) is 0 Å². The van der Waals surface area contributed by atoms with Crippen LogP contribution in [0.2, 0.25) is 0 Å². The minimum absolute atomic E-state index is 0.0273. The summed E-state index contributed by atoms with van der Waals surface area (Å²) in [7, 11) is 0. The predicted octanol–water partition coefficient (Wildman–Crippen LogP) is 2.57. The van der Waals surface area contributed by atoms with Crippen molar-refractivity contribution in [2.45, 2.75) is 18.6 Å². The first-order chi connectivity index (χ1) is 10.5. The van der Waals surface area contributed by atoms with Crippen molar-refractivity contribution in [2.24, 2.45) is 17.8 Å². The second kappa shape index (κ2) is 4.93. The van der Waals surface area contributed by atoms with Crippen LogP contribution >= 0.6 is 27.7 Å². The van der Waals surface area contributed by atoms with Crippen LogP contribution in [-0.2, 0) is 14.4 Å². The minimum atomic E-state index is -0.441. The van der Waals surface area contributed by atoms with Gasteiger partial charge in [0.05, 0.1) is 17.5 Å². The van der Waals surface area contributed by atoms with Crippen LogP contribution in [0.3, 0.4) is 0 Å². The van der Waals surface area contributed by atoms with Crippen LogP contribution in [-0.4, -0.2) is 28.6 Å². The molecule has 2 bridgehead atoms. The lowest BCUT2D eigenvalue weighted by Gasteiger charge is -2.40. The summed E-state index contributed by atoms with van der Waals surface area (Å²) >= 11 is 5.10. The van der Waals surface area contributed by atoms with E-state index in [4.69, 9.17) is 0 Å². The van der Waals surface area contributed by atoms with Gasteiger partial charge in [-0.05, 0) is 30.7 Å². The fraction of sp³-hybridized carbons (Fsp3) is 0.438. The van der Waals surface area contributed by atoms with Gasteiger partial charge >= 0.3 is 0 Å². The zero-order valence-corrected chi connectivity index (χ0v) is 14.3. The molecular weight excluding hydrogens is 366 g/mol. The molecule has 1 aromatic rings. The maximum absolute atomic E-state index is 12.8. The van der Waals surface area contributed by atoms with Crippen molar-refractivity contribution in [3.05, 3.63) is 28.2 Å². The van der Waals surface area contributed by atoms with Gasteiger partial charge in [-0.15, -0.1) is 0 Å². The Bertz CT molecular complexity index is 719. The second-order valence-electron chi connectivity index (χ2n) is 6.15. The zero-order chi connectivity index (χ0) is 15.6. The molecule has 3 aliphatic heterocycles. The second-order valence-corrected chi connectivity index (χ2v) is 8.27. The molecule has 6 heteroatoms. The van der Waals surface area contributed by atoms with E-state index in [1.807, 2.05) is 19.1 Å². The molecule has 5 rings (SSSR count). The first-order valence-electron chi connectivity index (χ1n) is 7.27. The van der Waals surface area contributed by atoms with Gasteiger partial charge in [-0.1, -0.05) is 15.9 Å². The number of hydrogen-bond acceptors (Lipinski definition) is 4. The molecule has 4 unspecified atom stereocenters. The molecule has 1 saturated carbocycles. The smallest absolute Gasteiger partial charge is 0.238 e. The number of halogens is 1. The summed E-state index contributed by atoms with van der Waals surface area (Å²) in [6.45, 7) is 1.93. The van der Waals surface area contributed by atoms with Gasteiger partial charge in [0.1, 0.15) is 5.78 Å². The fourth-order valence-corrected chi connectivity index (χ4v) is 5.68. The lowest BCUT2D eigenvalue weighted by atomic mass is 9.72. The molecule has 4 aliphatic rings. The molecule has 22 heavy (non-hydrogen) atoms. The highest BCUT2D eigenvalue weighted by atomic mass is 79.9. The van der Waals surface area contributed by atoms with Crippen LogP contribution in [0.15, 0.2) is 22.7 Å². The van der Waals surface area contributed by atoms with E-state index in [1.54, 1.807) is 17.8 Å². The number of amides is 2. The van der Waals surface area contributed by atoms with Crippen molar-refractivity contribution in [1.82, 2.24) is 0 Å². The Kier molecular flexibility index (Phi) is 3.24. The van der Waals surface area contributed by atoms with Gasteiger partial charge in [0.15, 0.2) is 0 Å². The first kappa shape index (κ1) is 14.5. The van der Waals surface area contributed by atoms with Crippen LogP contribution in [0.1, 0.15) is 12.0 Å². The quantitative estimate of drug-likeness (QED) is 0.703. The third-order valence-corrected chi connectivity index (χ3v) is 7.27. The highest BCUT2D eigenvalue weighted by molar-refractivity contribution is 9.10. The van der Waals surface area contributed by atoms with Crippen molar-refractivity contribution in [2.75, 3.05) is 10.7 Å². The first-order valence-corrected chi connectivity index (χ1v) is 9.11. The van der Waals surface area contributed by atoms with Crippen LogP contribution < -0.4 is 4.90 Å².